The first-order chi connectivity index (χ1) is 17.3. The van der Waals surface area contributed by atoms with Gasteiger partial charge in [-0.1, -0.05) is 46.7 Å². The number of hydrogen-bond acceptors (Lipinski definition) is 6. The maximum absolute atomic E-state index is 13.4. The number of amides is 1. The highest BCUT2D eigenvalue weighted by molar-refractivity contribution is 7.22. The Morgan fingerprint density at radius 1 is 1.06 bits per heavy atom. The Balaban J connectivity index is 1.53. The summed E-state index contributed by atoms with van der Waals surface area (Å²) >= 11 is 13.5. The van der Waals surface area contributed by atoms with Gasteiger partial charge in [0, 0.05) is 22.0 Å². The van der Waals surface area contributed by atoms with Crippen LogP contribution in [0.5, 0.6) is 5.75 Å². The molecule has 2 atom stereocenters. The van der Waals surface area contributed by atoms with Gasteiger partial charge in [0.1, 0.15) is 17.6 Å². The molecule has 2 aliphatic heterocycles. The number of rotatable bonds is 3. The molecule has 180 valence electrons. The van der Waals surface area contributed by atoms with E-state index in [4.69, 9.17) is 27.9 Å². The Morgan fingerprint density at radius 3 is 2.58 bits per heavy atom. The Kier molecular flexibility index (Phi) is 5.52. The number of ether oxygens (including phenoxy) is 1. The molecular weight excluding hydrogens is 519 g/mol. The SMILES string of the molecule is C[C@H]1Cc2cc(/C(O)=C3\C(=O)C(=O)N(c4nc5ccc(Cl)cc5s4)[C@H]3c3ccc(Cl)cc3)ccc2O1. The summed E-state index contributed by atoms with van der Waals surface area (Å²) in [5.74, 6) is -1.04. The van der Waals surface area contributed by atoms with Crippen molar-refractivity contribution in [2.24, 2.45) is 0 Å². The molecule has 9 heteroatoms. The number of carbonyl (C=O) groups is 2. The quantitative estimate of drug-likeness (QED) is 0.182. The van der Waals surface area contributed by atoms with Crippen LogP contribution in [-0.2, 0) is 16.0 Å². The maximum Gasteiger partial charge on any atom is 0.301 e. The number of nitrogens with zero attached hydrogens (tertiary/aromatic N) is 2. The van der Waals surface area contributed by atoms with Gasteiger partial charge in [-0.3, -0.25) is 14.5 Å². The van der Waals surface area contributed by atoms with Crippen molar-refractivity contribution in [3.8, 4) is 5.75 Å². The summed E-state index contributed by atoms with van der Waals surface area (Å²) in [6.45, 7) is 1.97. The number of benzene rings is 3. The fourth-order valence-electron chi connectivity index (χ4n) is 4.70. The van der Waals surface area contributed by atoms with Crippen molar-refractivity contribution in [1.82, 2.24) is 4.98 Å². The van der Waals surface area contributed by atoms with E-state index in [1.165, 1.54) is 16.2 Å². The summed E-state index contributed by atoms with van der Waals surface area (Å²) in [4.78, 5) is 32.8. The first-order valence-electron chi connectivity index (χ1n) is 11.2. The minimum atomic E-state index is -0.887. The lowest BCUT2D eigenvalue weighted by Gasteiger charge is -2.23. The summed E-state index contributed by atoms with van der Waals surface area (Å²) in [6.07, 6.45) is 0.726. The van der Waals surface area contributed by atoms with Crippen LogP contribution in [-0.4, -0.2) is 27.9 Å². The molecule has 0 unspecified atom stereocenters. The first-order valence-corrected chi connectivity index (χ1v) is 12.8. The highest BCUT2D eigenvalue weighted by Gasteiger charge is 2.48. The van der Waals surface area contributed by atoms with Gasteiger partial charge >= 0.3 is 5.91 Å². The van der Waals surface area contributed by atoms with Crippen LogP contribution in [0.2, 0.25) is 10.0 Å². The molecule has 0 saturated carbocycles. The minimum Gasteiger partial charge on any atom is -0.507 e. The molecule has 0 spiro atoms. The summed E-state index contributed by atoms with van der Waals surface area (Å²) in [6, 6.07) is 16.5. The van der Waals surface area contributed by atoms with Crippen LogP contribution in [0.3, 0.4) is 0 Å². The highest BCUT2D eigenvalue weighted by Crippen LogP contribution is 2.45. The molecular formula is C27H18Cl2N2O4S. The monoisotopic (exact) mass is 536 g/mol. The largest absolute Gasteiger partial charge is 0.507 e. The second kappa shape index (κ2) is 8.62. The summed E-state index contributed by atoms with van der Waals surface area (Å²) in [5.41, 5.74) is 2.65. The van der Waals surface area contributed by atoms with Crippen LogP contribution >= 0.6 is 34.5 Å². The van der Waals surface area contributed by atoms with Crippen LogP contribution < -0.4 is 9.64 Å². The van der Waals surface area contributed by atoms with E-state index in [0.717, 1.165) is 16.0 Å². The number of ketones is 1. The molecule has 0 radical (unpaired) electrons. The summed E-state index contributed by atoms with van der Waals surface area (Å²) in [7, 11) is 0. The van der Waals surface area contributed by atoms with E-state index >= 15 is 0 Å². The van der Waals surface area contributed by atoms with Crippen LogP contribution in [0.25, 0.3) is 16.0 Å². The van der Waals surface area contributed by atoms with Gasteiger partial charge < -0.3 is 9.84 Å². The number of aliphatic hydroxyl groups is 1. The van der Waals surface area contributed by atoms with Crippen molar-refractivity contribution in [3.63, 3.8) is 0 Å². The van der Waals surface area contributed by atoms with Gasteiger partial charge in [-0.25, -0.2) is 4.98 Å². The van der Waals surface area contributed by atoms with Crippen LogP contribution in [0.4, 0.5) is 5.13 Å². The average molecular weight is 537 g/mol. The van der Waals surface area contributed by atoms with E-state index in [2.05, 4.69) is 4.98 Å². The number of Topliss-reactive ketones (excluding diaryl/α,β-unsaturated/α-hetero) is 1. The topological polar surface area (TPSA) is 79.7 Å². The van der Waals surface area contributed by atoms with Crippen LogP contribution in [0.1, 0.15) is 29.7 Å². The van der Waals surface area contributed by atoms with E-state index < -0.39 is 17.7 Å². The minimum absolute atomic E-state index is 0.00785. The standard InChI is InChI=1S/C27H18Cl2N2O4S/c1-13-10-16-11-15(4-9-20(16)35-13)24(32)22-23(14-2-5-17(28)6-3-14)31(26(34)25(22)33)27-30-19-8-7-18(29)12-21(19)36-27/h2-9,11-13,23,32H,10H2,1H3/b24-22+/t13-,23-/m0/s1. The van der Waals surface area contributed by atoms with E-state index in [9.17, 15) is 14.7 Å². The van der Waals surface area contributed by atoms with Crippen molar-refractivity contribution in [2.45, 2.75) is 25.5 Å². The highest BCUT2D eigenvalue weighted by atomic mass is 35.5. The molecule has 2 aliphatic rings. The Hall–Kier alpha value is -3.39. The van der Waals surface area contributed by atoms with Crippen molar-refractivity contribution in [1.29, 1.82) is 0 Å². The Labute approximate surface area is 220 Å². The van der Waals surface area contributed by atoms with Crippen molar-refractivity contribution < 1.29 is 19.4 Å². The van der Waals surface area contributed by atoms with Gasteiger partial charge in [0.2, 0.25) is 0 Å². The smallest absolute Gasteiger partial charge is 0.301 e. The third-order valence-corrected chi connectivity index (χ3v) is 7.85. The maximum atomic E-state index is 13.4. The Bertz CT molecular complexity index is 1600. The molecule has 1 fully saturated rings. The predicted octanol–water partition coefficient (Wildman–Crippen LogP) is 6.55. The fraction of sp³-hybridized carbons (Fsp3) is 0.148. The number of aliphatic hydroxyl groups excluding tert-OH is 1. The molecule has 1 aromatic heterocycles. The molecule has 1 amide bonds. The fourth-order valence-corrected chi connectivity index (χ4v) is 6.10. The second-order valence-electron chi connectivity index (χ2n) is 8.78. The predicted molar refractivity (Wildman–Crippen MR) is 141 cm³/mol. The molecule has 4 aromatic rings. The number of carbonyl (C=O) groups excluding carboxylic acids is 2. The third kappa shape index (κ3) is 3.75. The van der Waals surface area contributed by atoms with Crippen molar-refractivity contribution in [2.75, 3.05) is 4.90 Å². The van der Waals surface area contributed by atoms with Crippen LogP contribution in [0.15, 0.2) is 66.2 Å². The normalized spacial score (nSPS) is 20.7. The van der Waals surface area contributed by atoms with Gasteiger partial charge in [-0.2, -0.15) is 0 Å². The molecule has 3 aromatic carbocycles. The Morgan fingerprint density at radius 2 is 1.81 bits per heavy atom. The molecule has 0 aliphatic carbocycles. The summed E-state index contributed by atoms with van der Waals surface area (Å²) < 4.78 is 6.54. The molecule has 1 saturated heterocycles. The van der Waals surface area contributed by atoms with Gasteiger partial charge in [0.05, 0.1) is 21.8 Å². The van der Waals surface area contributed by atoms with Crippen LogP contribution in [0, 0.1) is 0 Å². The molecule has 1 N–H and O–H groups in total. The van der Waals surface area contributed by atoms with E-state index in [1.54, 1.807) is 60.7 Å². The lowest BCUT2D eigenvalue weighted by Crippen LogP contribution is -2.29. The van der Waals surface area contributed by atoms with Gasteiger partial charge in [0.25, 0.3) is 5.78 Å². The number of fused-ring (bicyclic) bond motifs is 2. The number of anilines is 1. The average Bonchev–Trinajstić information content (AvgIpc) is 3.51. The van der Waals surface area contributed by atoms with Crippen molar-refractivity contribution >= 4 is 67.3 Å². The molecule has 6 rings (SSSR count). The van der Waals surface area contributed by atoms with E-state index in [1.807, 2.05) is 6.92 Å². The van der Waals surface area contributed by atoms with Crippen molar-refractivity contribution in [3.05, 3.63) is 93.0 Å². The number of hydrogen-bond donors (Lipinski definition) is 1. The first kappa shape index (κ1) is 23.0. The van der Waals surface area contributed by atoms with E-state index in [-0.39, 0.29) is 17.4 Å². The van der Waals surface area contributed by atoms with Gasteiger partial charge in [0.15, 0.2) is 5.13 Å². The van der Waals surface area contributed by atoms with E-state index in [0.29, 0.717) is 38.2 Å². The molecule has 3 heterocycles. The summed E-state index contributed by atoms with van der Waals surface area (Å²) in [5, 5.41) is 12.8. The zero-order valence-corrected chi connectivity index (χ0v) is 21.2. The molecule has 6 nitrogen and oxygen atoms in total. The number of halogens is 2. The number of aromatic nitrogens is 1. The zero-order valence-electron chi connectivity index (χ0n) is 18.9. The lowest BCUT2D eigenvalue weighted by molar-refractivity contribution is -0.132. The van der Waals surface area contributed by atoms with Gasteiger partial charge in [-0.15, -0.1) is 0 Å². The molecule has 36 heavy (non-hydrogen) atoms. The van der Waals surface area contributed by atoms with Gasteiger partial charge in [-0.05, 0) is 66.6 Å². The second-order valence-corrected chi connectivity index (χ2v) is 10.7. The number of thiazole rings is 1. The third-order valence-electron chi connectivity index (χ3n) is 6.34. The molecule has 0 bridgehead atoms. The lowest BCUT2D eigenvalue weighted by atomic mass is 9.94. The zero-order chi connectivity index (χ0) is 25.1.